The van der Waals surface area contributed by atoms with Gasteiger partial charge in [-0.25, -0.2) is 0 Å². The van der Waals surface area contributed by atoms with Crippen molar-refractivity contribution in [1.82, 2.24) is 0 Å². The Morgan fingerprint density at radius 3 is 2.35 bits per heavy atom. The number of rotatable bonds is 3. The third-order valence-corrected chi connectivity index (χ3v) is 2.98. The van der Waals surface area contributed by atoms with E-state index in [1.807, 2.05) is 30.3 Å². The van der Waals surface area contributed by atoms with Crippen LogP contribution < -0.4 is 0 Å². The van der Waals surface area contributed by atoms with Crippen molar-refractivity contribution in [2.24, 2.45) is 0 Å². The third-order valence-electron chi connectivity index (χ3n) is 2.98. The molecule has 3 N–H and O–H groups in total. The summed E-state index contributed by atoms with van der Waals surface area (Å²) in [7, 11) is 0. The van der Waals surface area contributed by atoms with Gasteiger partial charge in [0.05, 0.1) is 0 Å². The Kier molecular flexibility index (Phi) is 3.75. The number of aromatic hydroxyl groups is 3. The zero-order valence-electron chi connectivity index (χ0n) is 10.9. The monoisotopic (exact) mass is 270 g/mol. The van der Waals surface area contributed by atoms with E-state index >= 15 is 0 Å². The first-order valence-corrected chi connectivity index (χ1v) is 6.02. The quantitative estimate of drug-likeness (QED) is 0.592. The first-order valence-electron chi connectivity index (χ1n) is 6.02. The molecule has 0 amide bonds. The van der Waals surface area contributed by atoms with Crippen LogP contribution in [0.5, 0.6) is 17.2 Å². The fourth-order valence-corrected chi connectivity index (χ4v) is 1.80. The minimum atomic E-state index is -0.535. The molecule has 4 heteroatoms. The third kappa shape index (κ3) is 2.64. The number of hydrogen-bond acceptors (Lipinski definition) is 4. The van der Waals surface area contributed by atoms with Gasteiger partial charge in [0.1, 0.15) is 22.8 Å². The SMILES string of the molecule is Cc1c(O)cc(O)c(C(=O)/C=C/c2ccccc2)c1O. The highest BCUT2D eigenvalue weighted by atomic mass is 16.3. The van der Waals surface area contributed by atoms with Crippen LogP contribution in [0.25, 0.3) is 6.08 Å². The van der Waals surface area contributed by atoms with Crippen LogP contribution in [-0.2, 0) is 0 Å². The van der Waals surface area contributed by atoms with Crippen LogP contribution in [0.4, 0.5) is 0 Å². The standard InChI is InChI=1S/C16H14O4/c1-10-13(18)9-14(19)15(16(10)20)12(17)8-7-11-5-3-2-4-6-11/h2-9,18-20H,1H3/b8-7+. The molecular weight excluding hydrogens is 256 g/mol. The van der Waals surface area contributed by atoms with Gasteiger partial charge in [-0.3, -0.25) is 4.79 Å². The minimum Gasteiger partial charge on any atom is -0.507 e. The number of carbonyl (C=O) groups is 1. The van der Waals surface area contributed by atoms with Crippen molar-refractivity contribution < 1.29 is 20.1 Å². The van der Waals surface area contributed by atoms with Gasteiger partial charge in [0.15, 0.2) is 5.78 Å². The Morgan fingerprint density at radius 2 is 1.70 bits per heavy atom. The Labute approximate surface area is 116 Å². The first-order chi connectivity index (χ1) is 9.50. The van der Waals surface area contributed by atoms with Crippen molar-refractivity contribution in [3.8, 4) is 17.2 Å². The molecule has 0 fully saturated rings. The van der Waals surface area contributed by atoms with E-state index in [4.69, 9.17) is 0 Å². The Bertz CT molecular complexity index is 673. The molecule has 0 aliphatic carbocycles. The molecule has 2 aromatic carbocycles. The lowest BCUT2D eigenvalue weighted by Crippen LogP contribution is -1.97. The molecular formula is C16H14O4. The highest BCUT2D eigenvalue weighted by molar-refractivity contribution is 6.10. The molecule has 20 heavy (non-hydrogen) atoms. The molecule has 0 spiro atoms. The normalized spacial score (nSPS) is 10.8. The predicted octanol–water partition coefficient (Wildman–Crippen LogP) is 3.01. The van der Waals surface area contributed by atoms with Crippen molar-refractivity contribution in [3.63, 3.8) is 0 Å². The van der Waals surface area contributed by atoms with Gasteiger partial charge in [-0.1, -0.05) is 36.4 Å². The number of carbonyl (C=O) groups excluding carboxylic acids is 1. The van der Waals surface area contributed by atoms with E-state index in [1.165, 1.54) is 13.0 Å². The van der Waals surface area contributed by atoms with Crippen molar-refractivity contribution in [1.29, 1.82) is 0 Å². The average molecular weight is 270 g/mol. The zero-order valence-corrected chi connectivity index (χ0v) is 10.9. The molecule has 0 unspecified atom stereocenters. The van der Waals surface area contributed by atoms with Gasteiger partial charge < -0.3 is 15.3 Å². The molecule has 2 rings (SSSR count). The maximum absolute atomic E-state index is 12.0. The number of ketones is 1. The molecule has 0 heterocycles. The lowest BCUT2D eigenvalue weighted by molar-refractivity contribution is 0.104. The highest BCUT2D eigenvalue weighted by Gasteiger charge is 2.18. The van der Waals surface area contributed by atoms with E-state index in [0.29, 0.717) is 0 Å². The molecule has 0 saturated heterocycles. The highest BCUT2D eigenvalue weighted by Crippen LogP contribution is 2.37. The molecule has 0 aromatic heterocycles. The molecule has 0 aliphatic rings. The lowest BCUT2D eigenvalue weighted by atomic mass is 10.0. The minimum absolute atomic E-state index is 0.152. The molecule has 0 atom stereocenters. The van der Waals surface area contributed by atoms with E-state index in [0.717, 1.165) is 11.6 Å². The van der Waals surface area contributed by atoms with Gasteiger partial charge >= 0.3 is 0 Å². The molecule has 102 valence electrons. The summed E-state index contributed by atoms with van der Waals surface area (Å²) in [4.78, 5) is 12.0. The van der Waals surface area contributed by atoms with E-state index in [1.54, 1.807) is 6.08 Å². The number of benzene rings is 2. The second kappa shape index (κ2) is 5.48. The Hall–Kier alpha value is -2.75. The summed E-state index contributed by atoms with van der Waals surface area (Å²) < 4.78 is 0. The second-order valence-corrected chi connectivity index (χ2v) is 4.37. The molecule has 0 saturated carbocycles. The van der Waals surface area contributed by atoms with Crippen LogP contribution in [0.3, 0.4) is 0 Å². The van der Waals surface area contributed by atoms with Crippen LogP contribution >= 0.6 is 0 Å². The van der Waals surface area contributed by atoms with E-state index in [2.05, 4.69) is 0 Å². The van der Waals surface area contributed by atoms with Gasteiger partial charge in [-0.2, -0.15) is 0 Å². The van der Waals surface area contributed by atoms with Crippen LogP contribution in [0, 0.1) is 6.92 Å². The number of phenols is 3. The van der Waals surface area contributed by atoms with E-state index in [-0.39, 0.29) is 16.9 Å². The lowest BCUT2D eigenvalue weighted by Gasteiger charge is -2.08. The second-order valence-electron chi connectivity index (χ2n) is 4.37. The van der Waals surface area contributed by atoms with E-state index < -0.39 is 17.3 Å². The van der Waals surface area contributed by atoms with Crippen molar-refractivity contribution in [2.45, 2.75) is 6.92 Å². The Morgan fingerprint density at radius 1 is 1.05 bits per heavy atom. The van der Waals surface area contributed by atoms with Crippen molar-refractivity contribution in [3.05, 3.63) is 59.2 Å². The maximum atomic E-state index is 12.0. The zero-order chi connectivity index (χ0) is 14.7. The molecule has 0 aliphatic heterocycles. The van der Waals surface area contributed by atoms with Crippen LogP contribution in [0.2, 0.25) is 0 Å². The topological polar surface area (TPSA) is 77.8 Å². The molecule has 2 aromatic rings. The van der Waals surface area contributed by atoms with Crippen LogP contribution in [0.15, 0.2) is 42.5 Å². The number of hydrogen-bond donors (Lipinski definition) is 3. The fraction of sp³-hybridized carbons (Fsp3) is 0.0625. The van der Waals surface area contributed by atoms with Crippen LogP contribution in [-0.4, -0.2) is 21.1 Å². The fourth-order valence-electron chi connectivity index (χ4n) is 1.80. The number of allylic oxidation sites excluding steroid dienone is 1. The van der Waals surface area contributed by atoms with E-state index in [9.17, 15) is 20.1 Å². The summed E-state index contributed by atoms with van der Waals surface area (Å²) in [6.45, 7) is 1.46. The van der Waals surface area contributed by atoms with Gasteiger partial charge in [0.2, 0.25) is 0 Å². The molecule has 4 nitrogen and oxygen atoms in total. The molecule has 0 bridgehead atoms. The number of phenolic OH excluding ortho intramolecular Hbond substituents is 3. The van der Waals surface area contributed by atoms with Crippen molar-refractivity contribution >= 4 is 11.9 Å². The largest absolute Gasteiger partial charge is 0.507 e. The average Bonchev–Trinajstić information content (AvgIpc) is 2.44. The maximum Gasteiger partial charge on any atom is 0.193 e. The first kappa shape index (κ1) is 13.7. The predicted molar refractivity (Wildman–Crippen MR) is 76.0 cm³/mol. The summed E-state index contributed by atoms with van der Waals surface area (Å²) in [5, 5.41) is 29.0. The Balaban J connectivity index is 2.36. The van der Waals surface area contributed by atoms with Crippen molar-refractivity contribution in [2.75, 3.05) is 0 Å². The van der Waals surface area contributed by atoms with Gasteiger partial charge in [0.25, 0.3) is 0 Å². The smallest absolute Gasteiger partial charge is 0.193 e. The summed E-state index contributed by atoms with van der Waals surface area (Å²) >= 11 is 0. The van der Waals surface area contributed by atoms with Gasteiger partial charge in [0, 0.05) is 11.6 Å². The molecule has 0 radical (unpaired) electrons. The summed E-state index contributed by atoms with van der Waals surface area (Å²) in [6, 6.07) is 10.2. The van der Waals surface area contributed by atoms with Crippen LogP contribution in [0.1, 0.15) is 21.5 Å². The summed E-state index contributed by atoms with van der Waals surface area (Å²) in [5.74, 6) is -1.66. The summed E-state index contributed by atoms with van der Waals surface area (Å²) in [6.07, 6.45) is 2.85. The van der Waals surface area contributed by atoms with Gasteiger partial charge in [-0.15, -0.1) is 0 Å². The summed E-state index contributed by atoms with van der Waals surface area (Å²) in [5.41, 5.74) is 0.766. The van der Waals surface area contributed by atoms with Gasteiger partial charge in [-0.05, 0) is 18.6 Å².